The molecule has 1 aromatic carbocycles. The number of aryl methyl sites for hydroxylation is 1. The zero-order valence-corrected chi connectivity index (χ0v) is 13.4. The molecule has 0 saturated carbocycles. The molecule has 124 valence electrons. The Kier molecular flexibility index (Phi) is 4.33. The van der Waals surface area contributed by atoms with Gasteiger partial charge in [0, 0.05) is 18.2 Å². The van der Waals surface area contributed by atoms with Crippen molar-refractivity contribution in [3.63, 3.8) is 0 Å². The Bertz CT molecular complexity index is 765. The van der Waals surface area contributed by atoms with Gasteiger partial charge in [-0.15, -0.1) is 0 Å². The van der Waals surface area contributed by atoms with Crippen molar-refractivity contribution >= 4 is 23.2 Å². The van der Waals surface area contributed by atoms with Gasteiger partial charge in [0.1, 0.15) is 22.3 Å². The fourth-order valence-corrected chi connectivity index (χ4v) is 3.14. The van der Waals surface area contributed by atoms with E-state index in [2.05, 4.69) is 9.84 Å². The number of fused-ring (bicyclic) bond motifs is 1. The third-order valence-electron chi connectivity index (χ3n) is 3.48. The second kappa shape index (κ2) is 6.13. The summed E-state index contributed by atoms with van der Waals surface area (Å²) < 4.78 is 50.3. The molecule has 0 amide bonds. The first-order valence-corrected chi connectivity index (χ1v) is 7.47. The molecule has 0 N–H and O–H groups in total. The molecule has 0 fully saturated rings. The molecule has 0 saturated heterocycles. The van der Waals surface area contributed by atoms with Crippen molar-refractivity contribution in [1.29, 1.82) is 0 Å². The Labute approximate surface area is 139 Å². The lowest BCUT2D eigenvalue weighted by Crippen LogP contribution is -2.11. The summed E-state index contributed by atoms with van der Waals surface area (Å²) in [6.07, 6.45) is 1.19. The van der Waals surface area contributed by atoms with Gasteiger partial charge in [-0.1, -0.05) is 23.2 Å². The summed E-state index contributed by atoms with van der Waals surface area (Å²) in [5.41, 5.74) is 0.624. The molecule has 0 spiro atoms. The molecule has 1 aliphatic rings. The minimum absolute atomic E-state index is 0.0146. The van der Waals surface area contributed by atoms with Crippen molar-refractivity contribution in [3.8, 4) is 22.9 Å². The maximum atomic E-state index is 14.5. The highest BCUT2D eigenvalue weighted by Gasteiger charge is 2.28. The summed E-state index contributed by atoms with van der Waals surface area (Å²) in [5, 5.41) is 3.98. The number of halogens is 5. The van der Waals surface area contributed by atoms with E-state index in [9.17, 15) is 13.2 Å². The van der Waals surface area contributed by atoms with Gasteiger partial charge >= 0.3 is 6.61 Å². The average Bonchev–Trinajstić information content (AvgIpc) is 2.75. The molecule has 0 radical (unpaired) electrons. The molecular weight excluding hydrogens is 356 g/mol. The predicted molar refractivity (Wildman–Crippen MR) is 79.1 cm³/mol. The summed E-state index contributed by atoms with van der Waals surface area (Å²) >= 11 is 12.1. The fourth-order valence-electron chi connectivity index (χ4n) is 2.58. The molecule has 4 nitrogen and oxygen atoms in total. The highest BCUT2D eigenvalue weighted by molar-refractivity contribution is 6.35. The summed E-state index contributed by atoms with van der Waals surface area (Å²) in [5.74, 6) is -0.619. The van der Waals surface area contributed by atoms with Crippen LogP contribution in [0, 0.1) is 5.82 Å². The zero-order chi connectivity index (χ0) is 16.7. The van der Waals surface area contributed by atoms with Crippen LogP contribution in [0.1, 0.15) is 12.0 Å². The molecule has 0 bridgehead atoms. The molecule has 2 aromatic rings. The molecule has 1 aromatic heterocycles. The molecular formula is C14H11Cl2F3N2O2. The van der Waals surface area contributed by atoms with E-state index in [-0.39, 0.29) is 27.2 Å². The van der Waals surface area contributed by atoms with Gasteiger partial charge in [0.2, 0.25) is 5.88 Å². The number of hydrogen-bond acceptors (Lipinski definition) is 3. The van der Waals surface area contributed by atoms with Gasteiger partial charge in [-0.25, -0.2) is 9.07 Å². The van der Waals surface area contributed by atoms with Gasteiger partial charge < -0.3 is 9.47 Å². The molecule has 2 heterocycles. The third kappa shape index (κ3) is 2.83. The Morgan fingerprint density at radius 3 is 2.83 bits per heavy atom. The summed E-state index contributed by atoms with van der Waals surface area (Å²) in [7, 11) is 1.38. The van der Waals surface area contributed by atoms with Crippen LogP contribution >= 0.6 is 23.2 Å². The van der Waals surface area contributed by atoms with Crippen LogP contribution in [0.15, 0.2) is 6.07 Å². The number of nitrogens with zero attached hydrogens (tertiary/aromatic N) is 2. The highest BCUT2D eigenvalue weighted by atomic mass is 35.5. The minimum atomic E-state index is -3.07. The van der Waals surface area contributed by atoms with Crippen molar-refractivity contribution in [2.24, 2.45) is 7.05 Å². The maximum Gasteiger partial charge on any atom is 0.388 e. The first-order valence-electron chi connectivity index (χ1n) is 6.71. The predicted octanol–water partition coefficient (Wildman–Crippen LogP) is 4.46. The van der Waals surface area contributed by atoms with Gasteiger partial charge in [-0.2, -0.15) is 13.9 Å². The van der Waals surface area contributed by atoms with Crippen LogP contribution < -0.4 is 9.47 Å². The van der Waals surface area contributed by atoms with E-state index in [0.717, 1.165) is 10.7 Å². The van der Waals surface area contributed by atoms with Crippen LogP contribution in [-0.4, -0.2) is 23.0 Å². The fraction of sp³-hybridized carbons (Fsp3) is 0.357. The number of hydrogen-bond donors (Lipinski definition) is 0. The highest BCUT2D eigenvalue weighted by Crippen LogP contribution is 2.44. The van der Waals surface area contributed by atoms with Crippen molar-refractivity contribution in [2.75, 3.05) is 6.61 Å². The van der Waals surface area contributed by atoms with Crippen molar-refractivity contribution in [2.45, 2.75) is 19.5 Å². The van der Waals surface area contributed by atoms with Crippen LogP contribution in [-0.2, 0) is 13.5 Å². The second-order valence-corrected chi connectivity index (χ2v) is 5.73. The summed E-state index contributed by atoms with van der Waals surface area (Å²) in [6.45, 7) is -2.60. The maximum absolute atomic E-state index is 14.5. The zero-order valence-electron chi connectivity index (χ0n) is 11.9. The van der Waals surface area contributed by atoms with Gasteiger partial charge in [0.15, 0.2) is 0 Å². The number of benzene rings is 1. The summed E-state index contributed by atoms with van der Waals surface area (Å²) in [6, 6.07) is 1.10. The number of aromatic nitrogens is 2. The first-order chi connectivity index (χ1) is 10.9. The van der Waals surface area contributed by atoms with Crippen LogP contribution in [0.5, 0.6) is 11.6 Å². The average molecular weight is 367 g/mol. The van der Waals surface area contributed by atoms with E-state index in [4.69, 9.17) is 27.9 Å². The Morgan fingerprint density at radius 2 is 2.13 bits per heavy atom. The number of rotatable bonds is 3. The molecule has 9 heteroatoms. The standard InChI is InChI=1S/C14H11Cl2F3N2O2/c1-21-13(23-14(18)19)10(16)11(20-21)9-6-3-2-4-22-12(6)7(15)5-8(9)17/h5,14H,2-4H2,1H3. The minimum Gasteiger partial charge on any atom is -0.492 e. The lowest BCUT2D eigenvalue weighted by Gasteiger charge is -2.21. The van der Waals surface area contributed by atoms with Crippen LogP contribution in [0.25, 0.3) is 11.3 Å². The van der Waals surface area contributed by atoms with Crippen molar-refractivity contribution in [3.05, 3.63) is 27.5 Å². The smallest absolute Gasteiger partial charge is 0.388 e. The lowest BCUT2D eigenvalue weighted by molar-refractivity contribution is -0.0552. The molecule has 0 unspecified atom stereocenters. The quantitative estimate of drug-likeness (QED) is 0.804. The van der Waals surface area contributed by atoms with E-state index >= 15 is 0 Å². The Balaban J connectivity index is 2.20. The largest absolute Gasteiger partial charge is 0.492 e. The van der Waals surface area contributed by atoms with E-state index in [0.29, 0.717) is 30.8 Å². The van der Waals surface area contributed by atoms with Crippen molar-refractivity contribution < 1.29 is 22.6 Å². The Hall–Kier alpha value is -1.60. The second-order valence-electron chi connectivity index (χ2n) is 4.94. The van der Waals surface area contributed by atoms with Crippen LogP contribution in [0.4, 0.5) is 13.2 Å². The third-order valence-corrected chi connectivity index (χ3v) is 4.10. The molecule has 1 aliphatic heterocycles. The molecule has 23 heavy (non-hydrogen) atoms. The topological polar surface area (TPSA) is 36.3 Å². The Morgan fingerprint density at radius 1 is 1.39 bits per heavy atom. The number of ether oxygens (including phenoxy) is 2. The summed E-state index contributed by atoms with van der Waals surface area (Å²) in [4.78, 5) is 0. The van der Waals surface area contributed by atoms with E-state index in [1.807, 2.05) is 0 Å². The van der Waals surface area contributed by atoms with E-state index in [1.165, 1.54) is 7.05 Å². The van der Waals surface area contributed by atoms with Crippen LogP contribution in [0.3, 0.4) is 0 Å². The number of alkyl halides is 2. The van der Waals surface area contributed by atoms with Gasteiger partial charge in [-0.3, -0.25) is 0 Å². The SMILES string of the molecule is Cn1nc(-c2c(F)cc(Cl)c3c2CCCO3)c(Cl)c1OC(F)F. The molecule has 3 rings (SSSR count). The van der Waals surface area contributed by atoms with E-state index in [1.54, 1.807) is 0 Å². The van der Waals surface area contributed by atoms with Gasteiger partial charge in [0.25, 0.3) is 0 Å². The first kappa shape index (κ1) is 16.3. The van der Waals surface area contributed by atoms with Crippen LogP contribution in [0.2, 0.25) is 10.0 Å². The van der Waals surface area contributed by atoms with Gasteiger partial charge in [0.05, 0.1) is 11.6 Å². The van der Waals surface area contributed by atoms with Gasteiger partial charge in [-0.05, 0) is 18.9 Å². The molecule has 0 atom stereocenters. The monoisotopic (exact) mass is 366 g/mol. The lowest BCUT2D eigenvalue weighted by atomic mass is 9.97. The molecule has 0 aliphatic carbocycles. The van der Waals surface area contributed by atoms with Crippen molar-refractivity contribution in [1.82, 2.24) is 9.78 Å². The van der Waals surface area contributed by atoms with E-state index < -0.39 is 12.4 Å². The normalized spacial score (nSPS) is 13.9.